The van der Waals surface area contributed by atoms with Crippen LogP contribution in [0.1, 0.15) is 31.9 Å². The Balaban J connectivity index is 1.50. The van der Waals surface area contributed by atoms with Crippen molar-refractivity contribution in [2.45, 2.75) is 32.7 Å². The Morgan fingerprint density at radius 3 is 2.93 bits per heavy atom. The standard InChI is InChI=1S/C22H22N4O2/c1-15-2-4-16(5-3-15)20-8-9-22(28)26(25-20)14-21(27)24-19-7-6-18-13-23-11-10-17(18)12-19/h4,6-13,15H,2-3,5,14H2,1H3,(H,24,27). The largest absolute Gasteiger partial charge is 0.324 e. The summed E-state index contributed by atoms with van der Waals surface area (Å²) in [4.78, 5) is 28.7. The normalized spacial score (nSPS) is 16.6. The van der Waals surface area contributed by atoms with E-state index >= 15 is 0 Å². The van der Waals surface area contributed by atoms with Crippen LogP contribution in [0, 0.1) is 5.92 Å². The molecule has 3 aromatic rings. The quantitative estimate of drug-likeness (QED) is 0.756. The van der Waals surface area contributed by atoms with Crippen LogP contribution in [-0.4, -0.2) is 20.7 Å². The predicted molar refractivity (Wildman–Crippen MR) is 110 cm³/mol. The van der Waals surface area contributed by atoms with Gasteiger partial charge in [-0.2, -0.15) is 5.10 Å². The Bertz CT molecular complexity index is 1120. The van der Waals surface area contributed by atoms with Crippen LogP contribution >= 0.6 is 0 Å². The number of aromatic nitrogens is 3. The molecule has 1 aliphatic carbocycles. The lowest BCUT2D eigenvalue weighted by molar-refractivity contribution is -0.117. The molecule has 2 aromatic heterocycles. The third-order valence-electron chi connectivity index (χ3n) is 5.09. The molecule has 4 rings (SSSR count). The van der Waals surface area contributed by atoms with E-state index < -0.39 is 0 Å². The van der Waals surface area contributed by atoms with Gasteiger partial charge in [0, 0.05) is 29.5 Å². The van der Waals surface area contributed by atoms with Crippen molar-refractivity contribution in [3.63, 3.8) is 0 Å². The molecule has 1 aromatic carbocycles. The summed E-state index contributed by atoms with van der Waals surface area (Å²) in [5.41, 5.74) is 2.32. The summed E-state index contributed by atoms with van der Waals surface area (Å²) in [5, 5.41) is 9.25. The number of pyridine rings is 1. The van der Waals surface area contributed by atoms with Crippen LogP contribution in [-0.2, 0) is 11.3 Å². The fourth-order valence-electron chi connectivity index (χ4n) is 3.43. The van der Waals surface area contributed by atoms with Crippen molar-refractivity contribution >= 4 is 27.9 Å². The van der Waals surface area contributed by atoms with E-state index in [1.54, 1.807) is 18.5 Å². The number of hydrogen-bond donors (Lipinski definition) is 1. The Hall–Kier alpha value is -3.28. The molecule has 0 radical (unpaired) electrons. The number of rotatable bonds is 4. The third-order valence-corrected chi connectivity index (χ3v) is 5.09. The van der Waals surface area contributed by atoms with E-state index in [-0.39, 0.29) is 18.0 Å². The van der Waals surface area contributed by atoms with Gasteiger partial charge in [-0.05, 0) is 60.4 Å². The zero-order chi connectivity index (χ0) is 19.5. The lowest BCUT2D eigenvalue weighted by atomic mass is 9.90. The molecule has 0 spiro atoms. The summed E-state index contributed by atoms with van der Waals surface area (Å²) in [6.07, 6.45) is 8.76. The van der Waals surface area contributed by atoms with Gasteiger partial charge < -0.3 is 5.32 Å². The molecule has 1 unspecified atom stereocenters. The van der Waals surface area contributed by atoms with E-state index in [9.17, 15) is 9.59 Å². The summed E-state index contributed by atoms with van der Waals surface area (Å²) in [5.74, 6) is 0.393. The minimum Gasteiger partial charge on any atom is -0.324 e. The second kappa shape index (κ2) is 7.76. The van der Waals surface area contributed by atoms with Crippen molar-refractivity contribution < 1.29 is 4.79 Å². The second-order valence-electron chi connectivity index (χ2n) is 7.31. The monoisotopic (exact) mass is 374 g/mol. The van der Waals surface area contributed by atoms with Crippen LogP contribution in [0.15, 0.2) is 59.7 Å². The number of nitrogens with zero attached hydrogens (tertiary/aromatic N) is 3. The van der Waals surface area contributed by atoms with Crippen molar-refractivity contribution in [2.75, 3.05) is 5.32 Å². The maximum Gasteiger partial charge on any atom is 0.267 e. The molecule has 6 heteroatoms. The molecule has 1 amide bonds. The third kappa shape index (κ3) is 4.01. The molecule has 28 heavy (non-hydrogen) atoms. The van der Waals surface area contributed by atoms with Crippen LogP contribution in [0.2, 0.25) is 0 Å². The lowest BCUT2D eigenvalue weighted by Crippen LogP contribution is -2.29. The maximum atomic E-state index is 12.5. The zero-order valence-electron chi connectivity index (χ0n) is 15.8. The zero-order valence-corrected chi connectivity index (χ0v) is 15.8. The number of amides is 1. The average Bonchev–Trinajstić information content (AvgIpc) is 2.70. The summed E-state index contributed by atoms with van der Waals surface area (Å²) in [6, 6.07) is 10.7. The van der Waals surface area contributed by atoms with Gasteiger partial charge in [-0.3, -0.25) is 14.6 Å². The molecular weight excluding hydrogens is 352 g/mol. The summed E-state index contributed by atoms with van der Waals surface area (Å²) in [7, 11) is 0. The molecule has 0 bridgehead atoms. The first-order chi connectivity index (χ1) is 13.6. The Labute approximate surface area is 162 Å². The maximum absolute atomic E-state index is 12.5. The van der Waals surface area contributed by atoms with E-state index in [2.05, 4.69) is 28.4 Å². The number of carbonyl (C=O) groups excluding carboxylic acids is 1. The van der Waals surface area contributed by atoms with E-state index in [0.717, 1.165) is 41.3 Å². The highest BCUT2D eigenvalue weighted by molar-refractivity contribution is 5.94. The lowest BCUT2D eigenvalue weighted by Gasteiger charge is -2.18. The summed E-state index contributed by atoms with van der Waals surface area (Å²) in [6.45, 7) is 2.11. The molecule has 142 valence electrons. The first-order valence-corrected chi connectivity index (χ1v) is 9.50. The Kier molecular flexibility index (Phi) is 5.02. The topological polar surface area (TPSA) is 76.9 Å². The smallest absolute Gasteiger partial charge is 0.267 e. The number of benzene rings is 1. The van der Waals surface area contributed by atoms with Gasteiger partial charge in [0.2, 0.25) is 5.91 Å². The van der Waals surface area contributed by atoms with Gasteiger partial charge in [0.15, 0.2) is 0 Å². The molecule has 1 N–H and O–H groups in total. The summed E-state index contributed by atoms with van der Waals surface area (Å²) >= 11 is 0. The number of nitrogens with one attached hydrogen (secondary N) is 1. The fraction of sp³-hybridized carbons (Fsp3) is 0.273. The van der Waals surface area contributed by atoms with E-state index in [4.69, 9.17) is 0 Å². The van der Waals surface area contributed by atoms with Crippen molar-refractivity contribution in [3.8, 4) is 0 Å². The number of hydrogen-bond acceptors (Lipinski definition) is 4. The van der Waals surface area contributed by atoms with Crippen LogP contribution < -0.4 is 10.9 Å². The van der Waals surface area contributed by atoms with Gasteiger partial charge in [0.25, 0.3) is 5.56 Å². The second-order valence-corrected chi connectivity index (χ2v) is 7.31. The molecule has 6 nitrogen and oxygen atoms in total. The van der Waals surface area contributed by atoms with Gasteiger partial charge in [-0.1, -0.05) is 19.1 Å². The van der Waals surface area contributed by atoms with Crippen LogP contribution in [0.25, 0.3) is 16.3 Å². The van der Waals surface area contributed by atoms with E-state index in [1.807, 2.05) is 24.3 Å². The van der Waals surface area contributed by atoms with E-state index in [1.165, 1.54) is 10.7 Å². The number of allylic oxidation sites excluding steroid dienone is 2. The molecule has 1 atom stereocenters. The Morgan fingerprint density at radius 1 is 1.21 bits per heavy atom. The summed E-state index contributed by atoms with van der Waals surface area (Å²) < 4.78 is 1.23. The Morgan fingerprint density at radius 2 is 2.11 bits per heavy atom. The van der Waals surface area contributed by atoms with Crippen molar-refractivity contribution in [3.05, 3.63) is 70.9 Å². The number of carbonyl (C=O) groups is 1. The molecule has 0 saturated heterocycles. The van der Waals surface area contributed by atoms with Crippen LogP contribution in [0.4, 0.5) is 5.69 Å². The highest BCUT2D eigenvalue weighted by atomic mass is 16.2. The molecule has 2 heterocycles. The first kappa shape index (κ1) is 18.1. The van der Waals surface area contributed by atoms with Gasteiger partial charge in [0.1, 0.15) is 6.54 Å². The highest BCUT2D eigenvalue weighted by Crippen LogP contribution is 2.28. The minimum atomic E-state index is -0.286. The van der Waals surface area contributed by atoms with Crippen molar-refractivity contribution in [1.82, 2.24) is 14.8 Å². The van der Waals surface area contributed by atoms with Gasteiger partial charge in [-0.15, -0.1) is 0 Å². The predicted octanol–water partition coefficient (Wildman–Crippen LogP) is 3.63. The molecule has 0 fully saturated rings. The van der Waals surface area contributed by atoms with Crippen LogP contribution in [0.3, 0.4) is 0 Å². The van der Waals surface area contributed by atoms with Crippen molar-refractivity contribution in [2.24, 2.45) is 5.92 Å². The molecular formula is C22H22N4O2. The number of fused-ring (bicyclic) bond motifs is 1. The average molecular weight is 374 g/mol. The minimum absolute atomic E-state index is 0.120. The highest BCUT2D eigenvalue weighted by Gasteiger charge is 2.14. The molecule has 1 aliphatic rings. The van der Waals surface area contributed by atoms with Crippen LogP contribution in [0.5, 0.6) is 0 Å². The number of anilines is 1. The SMILES string of the molecule is CC1CC=C(c2ccc(=O)n(CC(=O)Nc3ccc4cnccc4c3)n2)CC1. The van der Waals surface area contributed by atoms with Gasteiger partial charge in [0.05, 0.1) is 5.69 Å². The van der Waals surface area contributed by atoms with Crippen molar-refractivity contribution in [1.29, 1.82) is 0 Å². The van der Waals surface area contributed by atoms with E-state index in [0.29, 0.717) is 11.6 Å². The van der Waals surface area contributed by atoms with Gasteiger partial charge in [-0.25, -0.2) is 4.68 Å². The molecule has 0 aliphatic heterocycles. The fourth-order valence-corrected chi connectivity index (χ4v) is 3.43. The first-order valence-electron chi connectivity index (χ1n) is 9.50. The molecule has 0 saturated carbocycles. The van der Waals surface area contributed by atoms with Gasteiger partial charge >= 0.3 is 0 Å².